The zero-order valence-corrected chi connectivity index (χ0v) is 12.6. The number of rotatable bonds is 4. The minimum Gasteiger partial charge on any atom is -0.381 e. The normalized spacial score (nSPS) is 22.3. The van der Waals surface area contributed by atoms with Crippen LogP contribution < -0.4 is 5.32 Å². The first-order valence-corrected chi connectivity index (χ1v) is 7.24. The predicted molar refractivity (Wildman–Crippen MR) is 74.2 cm³/mol. The van der Waals surface area contributed by atoms with Crippen LogP contribution in [-0.2, 0) is 10.9 Å². The second kappa shape index (κ2) is 6.50. The lowest BCUT2D eigenvalue weighted by atomic mass is 9.99. The summed E-state index contributed by atoms with van der Waals surface area (Å²) in [6, 6.07) is 2.36. The van der Waals surface area contributed by atoms with Gasteiger partial charge in [-0.15, -0.1) is 0 Å². The molecule has 0 spiro atoms. The highest BCUT2D eigenvalue weighted by atomic mass is 35.5. The van der Waals surface area contributed by atoms with E-state index < -0.39 is 11.9 Å². The van der Waals surface area contributed by atoms with E-state index in [0.717, 1.165) is 19.1 Å². The zero-order valence-electron chi connectivity index (χ0n) is 11.9. The van der Waals surface area contributed by atoms with E-state index >= 15 is 0 Å². The van der Waals surface area contributed by atoms with Crippen LogP contribution in [0, 0.1) is 5.92 Å². The SMILES string of the molecule is C[C@H](N[C@@H](C)[C@H]1CCOC1)c1ccc(C(F)(F)F)nc1Cl. The Kier molecular flexibility index (Phi) is 5.11. The average molecular weight is 323 g/mol. The minimum absolute atomic E-state index is 0.111. The van der Waals surface area contributed by atoms with Crippen LogP contribution in [0.4, 0.5) is 13.2 Å². The lowest BCUT2D eigenvalue weighted by Crippen LogP contribution is -2.35. The van der Waals surface area contributed by atoms with Crippen LogP contribution in [0.5, 0.6) is 0 Å². The second-order valence-electron chi connectivity index (χ2n) is 5.37. The van der Waals surface area contributed by atoms with Gasteiger partial charge in [0.25, 0.3) is 0 Å². The van der Waals surface area contributed by atoms with Crippen molar-refractivity contribution in [2.24, 2.45) is 5.92 Å². The van der Waals surface area contributed by atoms with Gasteiger partial charge >= 0.3 is 6.18 Å². The summed E-state index contributed by atoms with van der Waals surface area (Å²) in [5.74, 6) is 0.411. The van der Waals surface area contributed by atoms with Crippen molar-refractivity contribution < 1.29 is 17.9 Å². The maximum absolute atomic E-state index is 12.6. The summed E-state index contributed by atoms with van der Waals surface area (Å²) in [5, 5.41) is 3.24. The summed E-state index contributed by atoms with van der Waals surface area (Å²) >= 11 is 5.90. The van der Waals surface area contributed by atoms with Crippen LogP contribution in [0.1, 0.15) is 37.6 Å². The molecule has 1 aromatic rings. The Balaban J connectivity index is 2.06. The first-order valence-electron chi connectivity index (χ1n) is 6.86. The van der Waals surface area contributed by atoms with Gasteiger partial charge in [-0.1, -0.05) is 17.7 Å². The third kappa shape index (κ3) is 4.08. The molecule has 0 bridgehead atoms. The summed E-state index contributed by atoms with van der Waals surface area (Å²) in [6.45, 7) is 5.37. The first-order chi connectivity index (χ1) is 9.79. The topological polar surface area (TPSA) is 34.1 Å². The van der Waals surface area contributed by atoms with Crippen molar-refractivity contribution >= 4 is 11.6 Å². The summed E-state index contributed by atoms with van der Waals surface area (Å²) in [7, 11) is 0. The maximum atomic E-state index is 12.6. The highest BCUT2D eigenvalue weighted by Crippen LogP contribution is 2.31. The largest absolute Gasteiger partial charge is 0.433 e. The summed E-state index contributed by atoms with van der Waals surface area (Å²) in [6.07, 6.45) is -3.49. The van der Waals surface area contributed by atoms with Crippen molar-refractivity contribution in [3.8, 4) is 0 Å². The van der Waals surface area contributed by atoms with E-state index in [1.807, 2.05) is 13.8 Å². The molecular formula is C14H18ClF3N2O. The number of ether oxygens (including phenoxy) is 1. The Hall–Kier alpha value is -0.850. The van der Waals surface area contributed by atoms with Crippen molar-refractivity contribution in [3.63, 3.8) is 0 Å². The highest BCUT2D eigenvalue weighted by Gasteiger charge is 2.33. The van der Waals surface area contributed by atoms with E-state index in [4.69, 9.17) is 16.3 Å². The van der Waals surface area contributed by atoms with Crippen LogP contribution in [0.15, 0.2) is 12.1 Å². The molecule has 1 aliphatic heterocycles. The molecule has 7 heteroatoms. The number of hydrogen-bond acceptors (Lipinski definition) is 3. The Morgan fingerprint density at radius 3 is 2.62 bits per heavy atom. The molecule has 0 aliphatic carbocycles. The fraction of sp³-hybridized carbons (Fsp3) is 0.643. The standard InChI is InChI=1S/C14H18ClF3N2O/c1-8(10-5-6-21-7-10)19-9(2)11-3-4-12(14(16,17)18)20-13(11)15/h3-4,8-10,19H,5-7H2,1-2H3/t8-,9-,10-/m0/s1. The summed E-state index contributed by atoms with van der Waals surface area (Å²) < 4.78 is 43.0. The van der Waals surface area contributed by atoms with Gasteiger partial charge in [0.1, 0.15) is 10.8 Å². The van der Waals surface area contributed by atoms with Crippen LogP contribution in [-0.4, -0.2) is 24.2 Å². The quantitative estimate of drug-likeness (QED) is 0.855. The number of halogens is 4. The van der Waals surface area contributed by atoms with Crippen LogP contribution in [0.25, 0.3) is 0 Å². The van der Waals surface area contributed by atoms with Crippen LogP contribution in [0.3, 0.4) is 0 Å². The smallest absolute Gasteiger partial charge is 0.381 e. The number of aromatic nitrogens is 1. The lowest BCUT2D eigenvalue weighted by molar-refractivity contribution is -0.141. The molecule has 1 saturated heterocycles. The number of nitrogens with one attached hydrogen (secondary N) is 1. The van der Waals surface area contributed by atoms with E-state index in [0.29, 0.717) is 18.1 Å². The van der Waals surface area contributed by atoms with Gasteiger partial charge < -0.3 is 10.1 Å². The van der Waals surface area contributed by atoms with Crippen molar-refractivity contribution in [3.05, 3.63) is 28.5 Å². The molecule has 3 nitrogen and oxygen atoms in total. The molecule has 118 valence electrons. The zero-order chi connectivity index (χ0) is 15.6. The molecule has 0 saturated carbocycles. The molecular weight excluding hydrogens is 305 g/mol. The third-order valence-electron chi connectivity index (χ3n) is 3.82. The molecule has 21 heavy (non-hydrogen) atoms. The molecule has 3 atom stereocenters. The molecule has 2 rings (SSSR count). The Morgan fingerprint density at radius 1 is 1.38 bits per heavy atom. The van der Waals surface area contributed by atoms with E-state index in [1.165, 1.54) is 6.07 Å². The fourth-order valence-electron chi connectivity index (χ4n) is 2.49. The molecule has 1 aliphatic rings. The van der Waals surface area contributed by atoms with Gasteiger partial charge in [0.05, 0.1) is 6.61 Å². The lowest BCUT2D eigenvalue weighted by Gasteiger charge is -2.24. The van der Waals surface area contributed by atoms with Crippen molar-refractivity contribution in [1.82, 2.24) is 10.3 Å². The minimum atomic E-state index is -4.48. The third-order valence-corrected chi connectivity index (χ3v) is 4.12. The van der Waals surface area contributed by atoms with Crippen molar-refractivity contribution in [1.29, 1.82) is 0 Å². The van der Waals surface area contributed by atoms with Crippen LogP contribution in [0.2, 0.25) is 5.15 Å². The average Bonchev–Trinajstić information content (AvgIpc) is 2.91. The van der Waals surface area contributed by atoms with Gasteiger partial charge in [-0.25, -0.2) is 4.98 Å². The number of hydrogen-bond donors (Lipinski definition) is 1. The molecule has 1 fully saturated rings. The molecule has 0 aromatic carbocycles. The number of pyridine rings is 1. The van der Waals surface area contributed by atoms with Gasteiger partial charge in [0.2, 0.25) is 0 Å². The van der Waals surface area contributed by atoms with E-state index in [9.17, 15) is 13.2 Å². The van der Waals surface area contributed by atoms with Gasteiger partial charge in [-0.3, -0.25) is 0 Å². The molecule has 0 unspecified atom stereocenters. The molecule has 0 radical (unpaired) electrons. The molecule has 1 N–H and O–H groups in total. The second-order valence-corrected chi connectivity index (χ2v) is 5.73. The predicted octanol–water partition coefficient (Wildman–Crippen LogP) is 3.83. The molecule has 0 amide bonds. The number of alkyl halides is 3. The van der Waals surface area contributed by atoms with E-state index in [2.05, 4.69) is 10.3 Å². The van der Waals surface area contributed by atoms with Crippen molar-refractivity contribution in [2.45, 2.75) is 38.5 Å². The Labute approximate surface area is 126 Å². The van der Waals surface area contributed by atoms with Gasteiger partial charge in [0.15, 0.2) is 0 Å². The molecule has 2 heterocycles. The molecule has 1 aromatic heterocycles. The maximum Gasteiger partial charge on any atom is 0.433 e. The van der Waals surface area contributed by atoms with Crippen molar-refractivity contribution in [2.75, 3.05) is 13.2 Å². The highest BCUT2D eigenvalue weighted by molar-refractivity contribution is 6.30. The van der Waals surface area contributed by atoms with Gasteiger partial charge in [-0.05, 0) is 32.3 Å². The fourth-order valence-corrected chi connectivity index (χ4v) is 2.81. The Bertz CT molecular complexity index is 490. The monoisotopic (exact) mass is 322 g/mol. The van der Waals surface area contributed by atoms with Gasteiger partial charge in [-0.2, -0.15) is 13.2 Å². The van der Waals surface area contributed by atoms with E-state index in [1.54, 1.807) is 0 Å². The summed E-state index contributed by atoms with van der Waals surface area (Å²) in [4.78, 5) is 3.45. The van der Waals surface area contributed by atoms with Crippen LogP contribution >= 0.6 is 11.6 Å². The number of nitrogens with zero attached hydrogens (tertiary/aromatic N) is 1. The van der Waals surface area contributed by atoms with E-state index in [-0.39, 0.29) is 17.2 Å². The summed E-state index contributed by atoms with van der Waals surface area (Å²) in [5.41, 5.74) is -0.406. The van der Waals surface area contributed by atoms with Gasteiger partial charge in [0, 0.05) is 24.3 Å². The Morgan fingerprint density at radius 2 is 2.10 bits per heavy atom. The first kappa shape index (κ1) is 16.5.